The van der Waals surface area contributed by atoms with E-state index in [1.165, 1.54) is 28.7 Å². The Balaban J connectivity index is 1.62. The normalized spacial score (nSPS) is 10.7. The Labute approximate surface area is 155 Å². The number of hydrogen-bond donors (Lipinski definition) is 1. The molecule has 0 atom stereocenters. The summed E-state index contributed by atoms with van der Waals surface area (Å²) >= 11 is 2.88. The summed E-state index contributed by atoms with van der Waals surface area (Å²) in [5, 5.41) is 12.3. The van der Waals surface area contributed by atoms with E-state index in [1.54, 1.807) is 0 Å². The predicted octanol–water partition coefficient (Wildman–Crippen LogP) is 5.18. The number of thioether (sulfide) groups is 1. The SMILES string of the molecule is Cc1cccc(Nc2nnc(SCC(=O)c3cc(C)ccc3C)s2)c1. The molecular formula is C19H19N3OS2. The molecule has 3 rings (SSSR count). The van der Waals surface area contributed by atoms with Crippen LogP contribution in [0.4, 0.5) is 10.8 Å². The topological polar surface area (TPSA) is 54.9 Å². The number of anilines is 2. The lowest BCUT2D eigenvalue weighted by Gasteiger charge is -2.05. The summed E-state index contributed by atoms with van der Waals surface area (Å²) in [5.41, 5.74) is 5.06. The van der Waals surface area contributed by atoms with Gasteiger partial charge >= 0.3 is 0 Å². The molecule has 6 heteroatoms. The molecule has 0 aliphatic carbocycles. The number of rotatable bonds is 6. The lowest BCUT2D eigenvalue weighted by atomic mass is 10.0. The number of aromatic nitrogens is 2. The van der Waals surface area contributed by atoms with E-state index >= 15 is 0 Å². The maximum atomic E-state index is 12.4. The lowest BCUT2D eigenvalue weighted by molar-refractivity contribution is 0.102. The highest BCUT2D eigenvalue weighted by atomic mass is 32.2. The Hall–Kier alpha value is -2.18. The molecule has 0 amide bonds. The molecule has 128 valence electrons. The van der Waals surface area contributed by atoms with Crippen molar-refractivity contribution in [2.75, 3.05) is 11.1 Å². The third-order valence-corrected chi connectivity index (χ3v) is 5.67. The average molecular weight is 370 g/mol. The van der Waals surface area contributed by atoms with Crippen LogP contribution in [0.3, 0.4) is 0 Å². The minimum absolute atomic E-state index is 0.120. The van der Waals surface area contributed by atoms with Gasteiger partial charge in [-0.2, -0.15) is 0 Å². The molecule has 0 radical (unpaired) electrons. The van der Waals surface area contributed by atoms with Gasteiger partial charge in [0.1, 0.15) is 0 Å². The first-order chi connectivity index (χ1) is 12.0. The van der Waals surface area contributed by atoms with Crippen LogP contribution in [0.25, 0.3) is 0 Å². The Morgan fingerprint density at radius 3 is 2.68 bits per heavy atom. The van der Waals surface area contributed by atoms with Crippen LogP contribution in [-0.2, 0) is 0 Å². The van der Waals surface area contributed by atoms with E-state index in [2.05, 4.69) is 21.6 Å². The highest BCUT2D eigenvalue weighted by molar-refractivity contribution is 8.01. The molecule has 0 fully saturated rings. The second-order valence-corrected chi connectivity index (χ2v) is 8.10. The zero-order valence-corrected chi connectivity index (χ0v) is 16.0. The number of aryl methyl sites for hydroxylation is 3. The van der Waals surface area contributed by atoms with Crippen molar-refractivity contribution in [3.63, 3.8) is 0 Å². The minimum atomic E-state index is 0.120. The second kappa shape index (κ2) is 7.80. The average Bonchev–Trinajstić information content (AvgIpc) is 3.02. The van der Waals surface area contributed by atoms with Gasteiger partial charge in [-0.25, -0.2) is 0 Å². The smallest absolute Gasteiger partial charge is 0.210 e. The van der Waals surface area contributed by atoms with Gasteiger partial charge in [0.05, 0.1) is 5.75 Å². The van der Waals surface area contributed by atoms with Crippen molar-refractivity contribution in [3.05, 3.63) is 64.7 Å². The molecule has 0 unspecified atom stereocenters. The maximum absolute atomic E-state index is 12.4. The molecule has 3 aromatic rings. The number of hydrogen-bond acceptors (Lipinski definition) is 6. The molecule has 0 saturated heterocycles. The Kier molecular flexibility index (Phi) is 5.50. The van der Waals surface area contributed by atoms with Gasteiger partial charge in [-0.1, -0.05) is 52.9 Å². The van der Waals surface area contributed by atoms with E-state index in [4.69, 9.17) is 0 Å². The number of nitrogens with one attached hydrogen (secondary N) is 1. The molecule has 4 nitrogen and oxygen atoms in total. The summed E-state index contributed by atoms with van der Waals surface area (Å²) in [6, 6.07) is 14.0. The summed E-state index contributed by atoms with van der Waals surface area (Å²) < 4.78 is 0.786. The molecular weight excluding hydrogens is 350 g/mol. The van der Waals surface area contributed by atoms with Crippen LogP contribution in [0, 0.1) is 20.8 Å². The fourth-order valence-electron chi connectivity index (χ4n) is 2.41. The number of carbonyl (C=O) groups is 1. The van der Waals surface area contributed by atoms with Gasteiger partial charge in [-0.3, -0.25) is 4.79 Å². The van der Waals surface area contributed by atoms with Gasteiger partial charge in [-0.15, -0.1) is 10.2 Å². The highest BCUT2D eigenvalue weighted by Gasteiger charge is 2.12. The molecule has 25 heavy (non-hydrogen) atoms. The largest absolute Gasteiger partial charge is 0.330 e. The molecule has 0 bridgehead atoms. The van der Waals surface area contributed by atoms with Crippen LogP contribution in [0.5, 0.6) is 0 Å². The molecule has 1 heterocycles. The van der Waals surface area contributed by atoms with E-state index in [0.717, 1.165) is 31.8 Å². The molecule has 0 aliphatic heterocycles. The maximum Gasteiger partial charge on any atom is 0.210 e. The summed E-state index contributed by atoms with van der Waals surface area (Å²) in [4.78, 5) is 12.4. The van der Waals surface area contributed by atoms with E-state index in [9.17, 15) is 4.79 Å². The van der Waals surface area contributed by atoms with Crippen molar-refractivity contribution >= 4 is 39.7 Å². The van der Waals surface area contributed by atoms with Gasteiger partial charge in [0, 0.05) is 11.3 Å². The predicted molar refractivity (Wildman–Crippen MR) is 105 cm³/mol. The first-order valence-corrected chi connectivity index (χ1v) is 9.72. The quantitative estimate of drug-likeness (QED) is 0.479. The zero-order valence-electron chi connectivity index (χ0n) is 14.4. The molecule has 0 saturated carbocycles. The van der Waals surface area contributed by atoms with Crippen LogP contribution >= 0.6 is 23.1 Å². The van der Waals surface area contributed by atoms with Crippen LogP contribution in [0.1, 0.15) is 27.0 Å². The van der Waals surface area contributed by atoms with Crippen molar-refractivity contribution in [2.24, 2.45) is 0 Å². The Morgan fingerprint density at radius 1 is 1.08 bits per heavy atom. The summed E-state index contributed by atoms with van der Waals surface area (Å²) in [6.45, 7) is 6.01. The van der Waals surface area contributed by atoms with Gasteiger partial charge in [0.25, 0.3) is 0 Å². The Bertz CT molecular complexity index is 905. The first-order valence-electron chi connectivity index (χ1n) is 7.92. The van der Waals surface area contributed by atoms with Crippen LogP contribution < -0.4 is 5.32 Å². The fraction of sp³-hybridized carbons (Fsp3) is 0.211. The van der Waals surface area contributed by atoms with Crippen LogP contribution in [0.2, 0.25) is 0 Å². The highest BCUT2D eigenvalue weighted by Crippen LogP contribution is 2.28. The summed E-state index contributed by atoms with van der Waals surface area (Å²) in [7, 11) is 0. The van der Waals surface area contributed by atoms with Gasteiger partial charge < -0.3 is 5.32 Å². The minimum Gasteiger partial charge on any atom is -0.330 e. The number of ketones is 1. The lowest BCUT2D eigenvalue weighted by Crippen LogP contribution is -2.05. The van der Waals surface area contributed by atoms with Crippen molar-refractivity contribution in [1.82, 2.24) is 10.2 Å². The summed E-state index contributed by atoms with van der Waals surface area (Å²) in [5.74, 6) is 0.484. The van der Waals surface area contributed by atoms with Crippen molar-refractivity contribution < 1.29 is 4.79 Å². The van der Waals surface area contributed by atoms with Crippen molar-refractivity contribution in [1.29, 1.82) is 0 Å². The molecule has 0 aliphatic rings. The molecule has 1 N–H and O–H groups in total. The third kappa shape index (κ3) is 4.67. The van der Waals surface area contributed by atoms with E-state index in [-0.39, 0.29) is 5.78 Å². The van der Waals surface area contributed by atoms with E-state index in [0.29, 0.717) is 5.75 Å². The van der Waals surface area contributed by atoms with Gasteiger partial charge in [-0.05, 0) is 50.1 Å². The number of Topliss-reactive ketones (excluding diaryl/α,β-unsaturated/α-hetero) is 1. The van der Waals surface area contributed by atoms with Crippen molar-refractivity contribution in [2.45, 2.75) is 25.1 Å². The van der Waals surface area contributed by atoms with Crippen molar-refractivity contribution in [3.8, 4) is 0 Å². The van der Waals surface area contributed by atoms with Crippen LogP contribution in [0.15, 0.2) is 46.8 Å². The first kappa shape index (κ1) is 17.6. The van der Waals surface area contributed by atoms with Gasteiger partial charge in [0.15, 0.2) is 10.1 Å². The third-order valence-electron chi connectivity index (χ3n) is 3.70. The fourth-order valence-corrected chi connectivity index (χ4v) is 4.06. The molecule has 0 spiro atoms. The number of benzene rings is 2. The van der Waals surface area contributed by atoms with E-state index < -0.39 is 0 Å². The number of carbonyl (C=O) groups excluding carboxylic acids is 1. The standard InChI is InChI=1S/C19H19N3OS2/c1-12-5-4-6-15(9-12)20-18-21-22-19(25-18)24-11-17(23)16-10-13(2)7-8-14(16)3/h4-10H,11H2,1-3H3,(H,20,21). The molecule has 1 aromatic heterocycles. The number of nitrogens with zero attached hydrogens (tertiary/aromatic N) is 2. The van der Waals surface area contributed by atoms with E-state index in [1.807, 2.05) is 57.2 Å². The van der Waals surface area contributed by atoms with Crippen LogP contribution in [-0.4, -0.2) is 21.7 Å². The Morgan fingerprint density at radius 2 is 1.88 bits per heavy atom. The monoisotopic (exact) mass is 369 g/mol. The summed E-state index contributed by atoms with van der Waals surface area (Å²) in [6.07, 6.45) is 0. The van der Waals surface area contributed by atoms with Gasteiger partial charge in [0.2, 0.25) is 5.13 Å². The zero-order chi connectivity index (χ0) is 17.8. The molecule has 2 aromatic carbocycles. The second-order valence-electron chi connectivity index (χ2n) is 5.90.